The molecular weight excluding hydrogens is 292 g/mol. The lowest BCUT2D eigenvalue weighted by Gasteiger charge is -2.49. The summed E-state index contributed by atoms with van der Waals surface area (Å²) in [6, 6.07) is 0.525. The van der Waals surface area contributed by atoms with Crippen molar-refractivity contribution < 1.29 is 9.32 Å². The first-order chi connectivity index (χ1) is 11.2. The second-order valence-corrected chi connectivity index (χ2v) is 7.58. The van der Waals surface area contributed by atoms with E-state index in [4.69, 9.17) is 4.52 Å². The van der Waals surface area contributed by atoms with Crippen molar-refractivity contribution in [3.63, 3.8) is 0 Å². The molecule has 3 fully saturated rings. The van der Waals surface area contributed by atoms with Gasteiger partial charge >= 0.3 is 0 Å². The Morgan fingerprint density at radius 1 is 1.22 bits per heavy atom. The molecule has 0 N–H and O–H groups in total. The fourth-order valence-electron chi connectivity index (χ4n) is 4.65. The van der Waals surface area contributed by atoms with Crippen LogP contribution in [-0.4, -0.2) is 51.5 Å². The average Bonchev–Trinajstić information content (AvgIpc) is 3.26. The zero-order valence-electron chi connectivity index (χ0n) is 13.7. The van der Waals surface area contributed by atoms with Crippen LogP contribution >= 0.6 is 0 Å². The van der Waals surface area contributed by atoms with Gasteiger partial charge in [-0.05, 0) is 50.6 Å². The van der Waals surface area contributed by atoms with Crippen LogP contribution in [0.3, 0.4) is 0 Å². The Balaban J connectivity index is 1.36. The lowest BCUT2D eigenvalue weighted by atomic mass is 9.72. The van der Waals surface area contributed by atoms with Gasteiger partial charge in [0.1, 0.15) is 0 Å². The van der Waals surface area contributed by atoms with Gasteiger partial charge in [-0.25, -0.2) is 0 Å². The topological polar surface area (TPSA) is 62.5 Å². The Kier molecular flexibility index (Phi) is 4.09. The van der Waals surface area contributed by atoms with Crippen molar-refractivity contribution >= 4 is 5.91 Å². The highest BCUT2D eigenvalue weighted by Gasteiger charge is 2.43. The van der Waals surface area contributed by atoms with Gasteiger partial charge in [0.2, 0.25) is 12.3 Å². The Labute approximate surface area is 137 Å². The molecule has 2 saturated heterocycles. The summed E-state index contributed by atoms with van der Waals surface area (Å²) in [5.74, 6) is 1.17. The van der Waals surface area contributed by atoms with Crippen molar-refractivity contribution in [2.24, 2.45) is 5.41 Å². The summed E-state index contributed by atoms with van der Waals surface area (Å²) in [4.78, 5) is 21.1. The Bertz CT molecular complexity index is 531. The van der Waals surface area contributed by atoms with E-state index in [-0.39, 0.29) is 0 Å². The fourth-order valence-corrected chi connectivity index (χ4v) is 4.65. The number of aromatic nitrogens is 2. The molecule has 126 valence electrons. The molecule has 4 rings (SSSR count). The van der Waals surface area contributed by atoms with E-state index in [2.05, 4.69) is 19.9 Å². The standard InChI is InChI=1S/C17H26N4O2/c22-16-5-6-17(12-21(16)14-3-1-2-4-14)7-9-20(10-8-17)11-15-18-13-23-19-15/h13-14H,1-12H2. The van der Waals surface area contributed by atoms with Gasteiger partial charge in [0, 0.05) is 19.0 Å². The van der Waals surface area contributed by atoms with E-state index in [0.29, 0.717) is 17.4 Å². The summed E-state index contributed by atoms with van der Waals surface area (Å²) in [7, 11) is 0. The molecule has 1 aromatic heterocycles. The highest BCUT2D eigenvalue weighted by Crippen LogP contribution is 2.42. The SMILES string of the molecule is O=C1CCC2(CCN(Cc3ncon3)CC2)CN1C1CCCC1. The maximum absolute atomic E-state index is 12.4. The summed E-state index contributed by atoms with van der Waals surface area (Å²) < 4.78 is 4.82. The maximum Gasteiger partial charge on any atom is 0.222 e. The van der Waals surface area contributed by atoms with Gasteiger partial charge in [-0.1, -0.05) is 18.0 Å². The monoisotopic (exact) mass is 318 g/mol. The van der Waals surface area contributed by atoms with Crippen LogP contribution in [0.1, 0.15) is 57.2 Å². The number of nitrogens with zero attached hydrogens (tertiary/aromatic N) is 4. The van der Waals surface area contributed by atoms with Crippen LogP contribution in [0.25, 0.3) is 0 Å². The van der Waals surface area contributed by atoms with Crippen LogP contribution in [0.15, 0.2) is 10.9 Å². The summed E-state index contributed by atoms with van der Waals surface area (Å²) in [6.45, 7) is 3.91. The van der Waals surface area contributed by atoms with Crippen LogP contribution in [-0.2, 0) is 11.3 Å². The Hall–Kier alpha value is -1.43. The van der Waals surface area contributed by atoms with Crippen LogP contribution < -0.4 is 0 Å². The van der Waals surface area contributed by atoms with Gasteiger partial charge in [-0.15, -0.1) is 0 Å². The number of carbonyl (C=O) groups is 1. The predicted molar refractivity (Wildman–Crippen MR) is 84.4 cm³/mol. The van der Waals surface area contributed by atoms with Crippen LogP contribution in [0, 0.1) is 5.41 Å². The van der Waals surface area contributed by atoms with Crippen LogP contribution in [0.5, 0.6) is 0 Å². The van der Waals surface area contributed by atoms with E-state index in [0.717, 1.165) is 44.8 Å². The van der Waals surface area contributed by atoms with Gasteiger partial charge in [-0.3, -0.25) is 9.69 Å². The van der Waals surface area contributed by atoms with Crippen molar-refractivity contribution in [1.82, 2.24) is 19.9 Å². The third kappa shape index (κ3) is 3.13. The average molecular weight is 318 g/mol. The third-order valence-electron chi connectivity index (χ3n) is 6.15. The molecule has 23 heavy (non-hydrogen) atoms. The minimum Gasteiger partial charge on any atom is -0.343 e. The highest BCUT2D eigenvalue weighted by molar-refractivity contribution is 5.77. The molecule has 1 saturated carbocycles. The summed E-state index contributed by atoms with van der Waals surface area (Å²) in [5.41, 5.74) is 0.351. The second kappa shape index (κ2) is 6.23. The number of amides is 1. The third-order valence-corrected chi connectivity index (χ3v) is 6.15. The second-order valence-electron chi connectivity index (χ2n) is 7.58. The lowest BCUT2D eigenvalue weighted by molar-refractivity contribution is -0.142. The molecule has 0 bridgehead atoms. The van der Waals surface area contributed by atoms with Crippen molar-refractivity contribution in [2.75, 3.05) is 19.6 Å². The van der Waals surface area contributed by atoms with Gasteiger partial charge in [0.25, 0.3) is 0 Å². The predicted octanol–water partition coefficient (Wildman–Crippen LogP) is 2.22. The Morgan fingerprint density at radius 2 is 2.00 bits per heavy atom. The molecule has 0 radical (unpaired) electrons. The van der Waals surface area contributed by atoms with E-state index >= 15 is 0 Å². The minimum atomic E-state index is 0.351. The van der Waals surface area contributed by atoms with Crippen molar-refractivity contribution in [2.45, 2.75) is 64.0 Å². The summed E-state index contributed by atoms with van der Waals surface area (Å²) >= 11 is 0. The van der Waals surface area contributed by atoms with Gasteiger partial charge in [0.15, 0.2) is 5.82 Å². The fraction of sp³-hybridized carbons (Fsp3) is 0.824. The number of likely N-dealkylation sites (tertiary alicyclic amines) is 2. The highest BCUT2D eigenvalue weighted by atomic mass is 16.5. The van der Waals surface area contributed by atoms with E-state index < -0.39 is 0 Å². The molecule has 0 unspecified atom stereocenters. The van der Waals surface area contributed by atoms with Gasteiger partial charge in [0.05, 0.1) is 6.54 Å². The first kappa shape index (κ1) is 15.1. The number of hydrogen-bond acceptors (Lipinski definition) is 5. The lowest BCUT2D eigenvalue weighted by Crippen LogP contribution is -2.53. The Morgan fingerprint density at radius 3 is 2.70 bits per heavy atom. The maximum atomic E-state index is 12.4. The van der Waals surface area contributed by atoms with E-state index in [9.17, 15) is 4.79 Å². The van der Waals surface area contributed by atoms with Gasteiger partial charge in [-0.2, -0.15) is 4.98 Å². The molecule has 2 aliphatic heterocycles. The molecule has 0 aromatic carbocycles. The van der Waals surface area contributed by atoms with E-state index in [1.165, 1.54) is 44.9 Å². The molecule has 6 nitrogen and oxygen atoms in total. The first-order valence-electron chi connectivity index (χ1n) is 9.01. The minimum absolute atomic E-state index is 0.351. The van der Waals surface area contributed by atoms with Crippen molar-refractivity contribution in [3.05, 3.63) is 12.2 Å². The van der Waals surface area contributed by atoms with E-state index in [1.54, 1.807) is 0 Å². The molecule has 3 heterocycles. The number of hydrogen-bond donors (Lipinski definition) is 0. The summed E-state index contributed by atoms with van der Waals surface area (Å²) in [6.07, 6.45) is 10.6. The quantitative estimate of drug-likeness (QED) is 0.855. The molecule has 1 aliphatic carbocycles. The molecule has 6 heteroatoms. The van der Waals surface area contributed by atoms with Gasteiger partial charge < -0.3 is 9.42 Å². The normalized spacial score (nSPS) is 26.3. The molecular formula is C17H26N4O2. The van der Waals surface area contributed by atoms with Crippen molar-refractivity contribution in [1.29, 1.82) is 0 Å². The zero-order chi connectivity index (χ0) is 15.7. The largest absolute Gasteiger partial charge is 0.343 e. The number of rotatable bonds is 3. The number of piperidine rings is 2. The molecule has 1 spiro atoms. The van der Waals surface area contributed by atoms with Crippen LogP contribution in [0.4, 0.5) is 0 Å². The number of carbonyl (C=O) groups excluding carboxylic acids is 1. The van der Waals surface area contributed by atoms with Crippen molar-refractivity contribution in [3.8, 4) is 0 Å². The zero-order valence-corrected chi connectivity index (χ0v) is 13.7. The first-order valence-corrected chi connectivity index (χ1v) is 9.01. The molecule has 1 amide bonds. The molecule has 3 aliphatic rings. The summed E-state index contributed by atoms with van der Waals surface area (Å²) in [5, 5.41) is 3.91. The van der Waals surface area contributed by atoms with E-state index in [1.807, 2.05) is 0 Å². The molecule has 0 atom stereocenters. The van der Waals surface area contributed by atoms with Crippen LogP contribution in [0.2, 0.25) is 0 Å². The smallest absolute Gasteiger partial charge is 0.222 e. The molecule has 1 aromatic rings.